The van der Waals surface area contributed by atoms with Crippen molar-refractivity contribution in [1.29, 1.82) is 0 Å². The van der Waals surface area contributed by atoms with Crippen LogP contribution in [0.1, 0.15) is 21.5 Å². The molecule has 1 amide bonds. The summed E-state index contributed by atoms with van der Waals surface area (Å²) in [6.45, 7) is 1.89. The standard InChI is InChI=1S/C15H12BrClN2OS/c1-8-3-2-4-12(13(8)14(18)21)19-15(20)10-6-5-9(16)7-11(10)17/h2-7H,1H3,(H2,18,21)(H,19,20). The van der Waals surface area contributed by atoms with Crippen LogP contribution in [0, 0.1) is 6.92 Å². The number of halogens is 2. The zero-order valence-electron chi connectivity index (χ0n) is 11.1. The number of nitrogens with one attached hydrogen (secondary N) is 1. The van der Waals surface area contributed by atoms with E-state index in [1.807, 2.05) is 19.1 Å². The number of thiocarbonyl (C=S) groups is 1. The van der Waals surface area contributed by atoms with Crippen LogP contribution >= 0.6 is 39.7 Å². The van der Waals surface area contributed by atoms with Gasteiger partial charge in [-0.1, -0.05) is 51.9 Å². The molecule has 2 aromatic carbocycles. The van der Waals surface area contributed by atoms with Gasteiger partial charge in [-0.2, -0.15) is 0 Å². The van der Waals surface area contributed by atoms with Gasteiger partial charge in [0.25, 0.3) is 5.91 Å². The van der Waals surface area contributed by atoms with Gasteiger partial charge < -0.3 is 11.1 Å². The van der Waals surface area contributed by atoms with E-state index in [2.05, 4.69) is 21.2 Å². The molecule has 0 aliphatic heterocycles. The van der Waals surface area contributed by atoms with E-state index in [1.165, 1.54) is 0 Å². The molecule has 0 radical (unpaired) electrons. The van der Waals surface area contributed by atoms with Gasteiger partial charge in [0, 0.05) is 10.0 Å². The van der Waals surface area contributed by atoms with Gasteiger partial charge in [0.15, 0.2) is 0 Å². The second-order valence-corrected chi connectivity index (χ2v) is 6.20. The van der Waals surface area contributed by atoms with Crippen molar-refractivity contribution in [2.45, 2.75) is 6.92 Å². The smallest absolute Gasteiger partial charge is 0.257 e. The van der Waals surface area contributed by atoms with Gasteiger partial charge in [0.1, 0.15) is 4.99 Å². The van der Waals surface area contributed by atoms with Crippen molar-refractivity contribution in [3.8, 4) is 0 Å². The molecule has 3 N–H and O–H groups in total. The third-order valence-corrected chi connectivity index (χ3v) is 3.95. The topological polar surface area (TPSA) is 55.1 Å². The second-order valence-electron chi connectivity index (χ2n) is 4.44. The van der Waals surface area contributed by atoms with Crippen molar-refractivity contribution in [3.63, 3.8) is 0 Å². The van der Waals surface area contributed by atoms with E-state index in [9.17, 15) is 4.79 Å². The zero-order valence-corrected chi connectivity index (χ0v) is 14.3. The summed E-state index contributed by atoms with van der Waals surface area (Å²) in [5.41, 5.74) is 8.25. The molecule has 108 valence electrons. The Morgan fingerprint density at radius 3 is 2.67 bits per heavy atom. The highest BCUT2D eigenvalue weighted by Crippen LogP contribution is 2.24. The number of nitrogens with two attached hydrogens (primary N) is 1. The molecule has 0 saturated heterocycles. The molecule has 0 fully saturated rings. The minimum Gasteiger partial charge on any atom is -0.389 e. The Kier molecular flexibility index (Phi) is 4.98. The molecule has 21 heavy (non-hydrogen) atoms. The van der Waals surface area contributed by atoms with E-state index < -0.39 is 0 Å². The SMILES string of the molecule is Cc1cccc(NC(=O)c2ccc(Br)cc2Cl)c1C(N)=S. The fourth-order valence-corrected chi connectivity index (χ4v) is 2.99. The van der Waals surface area contributed by atoms with E-state index in [0.29, 0.717) is 21.8 Å². The summed E-state index contributed by atoms with van der Waals surface area (Å²) in [5, 5.41) is 3.17. The minimum absolute atomic E-state index is 0.241. The van der Waals surface area contributed by atoms with Crippen molar-refractivity contribution in [2.75, 3.05) is 5.32 Å². The first-order valence-electron chi connectivity index (χ1n) is 6.06. The number of aryl methyl sites for hydroxylation is 1. The summed E-state index contributed by atoms with van der Waals surface area (Å²) in [4.78, 5) is 12.6. The second kappa shape index (κ2) is 6.56. The lowest BCUT2D eigenvalue weighted by Gasteiger charge is -2.13. The van der Waals surface area contributed by atoms with Crippen LogP contribution in [0.15, 0.2) is 40.9 Å². The molecular formula is C15H12BrClN2OS. The van der Waals surface area contributed by atoms with Crippen molar-refractivity contribution in [3.05, 3.63) is 62.6 Å². The van der Waals surface area contributed by atoms with E-state index in [-0.39, 0.29) is 10.9 Å². The summed E-state index contributed by atoms with van der Waals surface area (Å²) >= 11 is 14.4. The molecule has 6 heteroatoms. The molecule has 0 heterocycles. The number of amides is 1. The van der Waals surface area contributed by atoms with Gasteiger partial charge in [-0.15, -0.1) is 0 Å². The first kappa shape index (κ1) is 15.9. The molecule has 0 aromatic heterocycles. The fourth-order valence-electron chi connectivity index (χ4n) is 1.96. The summed E-state index contributed by atoms with van der Waals surface area (Å²) in [7, 11) is 0. The number of carbonyl (C=O) groups excluding carboxylic acids is 1. The average molecular weight is 384 g/mol. The van der Waals surface area contributed by atoms with Gasteiger partial charge in [-0.25, -0.2) is 0 Å². The van der Waals surface area contributed by atoms with Crippen LogP contribution in [-0.4, -0.2) is 10.9 Å². The lowest BCUT2D eigenvalue weighted by molar-refractivity contribution is 0.102. The Bertz CT molecular complexity index is 734. The molecular weight excluding hydrogens is 372 g/mol. The Balaban J connectivity index is 2.36. The van der Waals surface area contributed by atoms with E-state index in [1.54, 1.807) is 24.3 Å². The number of carbonyl (C=O) groups is 1. The Morgan fingerprint density at radius 2 is 2.05 bits per heavy atom. The van der Waals surface area contributed by atoms with Crippen LogP contribution in [0.4, 0.5) is 5.69 Å². The highest BCUT2D eigenvalue weighted by atomic mass is 79.9. The molecule has 2 rings (SSSR count). The molecule has 0 bridgehead atoms. The van der Waals surface area contributed by atoms with Crippen molar-refractivity contribution in [1.82, 2.24) is 0 Å². The van der Waals surface area contributed by atoms with Crippen LogP contribution in [-0.2, 0) is 0 Å². The summed E-state index contributed by atoms with van der Waals surface area (Å²) in [6, 6.07) is 10.5. The van der Waals surface area contributed by atoms with Crippen LogP contribution in [0.25, 0.3) is 0 Å². The Hall–Kier alpha value is -1.43. The maximum absolute atomic E-state index is 12.3. The Morgan fingerprint density at radius 1 is 1.33 bits per heavy atom. The van der Waals surface area contributed by atoms with Gasteiger partial charge >= 0.3 is 0 Å². The van der Waals surface area contributed by atoms with Crippen molar-refractivity contribution in [2.24, 2.45) is 5.73 Å². The maximum Gasteiger partial charge on any atom is 0.257 e. The molecule has 3 nitrogen and oxygen atoms in total. The number of rotatable bonds is 3. The number of hydrogen-bond acceptors (Lipinski definition) is 2. The molecule has 2 aromatic rings. The van der Waals surface area contributed by atoms with Gasteiger partial charge in [-0.05, 0) is 36.8 Å². The average Bonchev–Trinajstić information content (AvgIpc) is 2.37. The quantitative estimate of drug-likeness (QED) is 0.777. The highest BCUT2D eigenvalue weighted by Gasteiger charge is 2.14. The van der Waals surface area contributed by atoms with Gasteiger partial charge in [0.05, 0.1) is 16.3 Å². The number of hydrogen-bond donors (Lipinski definition) is 2. The first-order valence-corrected chi connectivity index (χ1v) is 7.64. The van der Waals surface area contributed by atoms with Crippen molar-refractivity contribution >= 4 is 56.3 Å². The summed E-state index contributed by atoms with van der Waals surface area (Å²) in [6.07, 6.45) is 0. The Labute approximate surface area is 141 Å². The van der Waals surface area contributed by atoms with E-state index in [0.717, 1.165) is 10.0 Å². The monoisotopic (exact) mass is 382 g/mol. The lowest BCUT2D eigenvalue weighted by Crippen LogP contribution is -2.19. The third-order valence-electron chi connectivity index (χ3n) is 2.94. The summed E-state index contributed by atoms with van der Waals surface area (Å²) < 4.78 is 0.809. The van der Waals surface area contributed by atoms with Gasteiger partial charge in [-0.3, -0.25) is 4.79 Å². The number of anilines is 1. The minimum atomic E-state index is -0.310. The normalized spacial score (nSPS) is 10.2. The van der Waals surface area contributed by atoms with Gasteiger partial charge in [0.2, 0.25) is 0 Å². The largest absolute Gasteiger partial charge is 0.389 e. The lowest BCUT2D eigenvalue weighted by atomic mass is 10.1. The first-order chi connectivity index (χ1) is 9.90. The third kappa shape index (κ3) is 3.61. The maximum atomic E-state index is 12.3. The number of benzene rings is 2. The van der Waals surface area contributed by atoms with Crippen LogP contribution < -0.4 is 11.1 Å². The molecule has 0 saturated carbocycles. The van der Waals surface area contributed by atoms with E-state index >= 15 is 0 Å². The molecule has 0 spiro atoms. The molecule has 0 unspecified atom stereocenters. The predicted molar refractivity (Wildman–Crippen MR) is 94.2 cm³/mol. The zero-order chi connectivity index (χ0) is 15.6. The van der Waals surface area contributed by atoms with Crippen LogP contribution in [0.2, 0.25) is 5.02 Å². The molecule has 0 aliphatic rings. The fraction of sp³-hybridized carbons (Fsp3) is 0.0667. The summed E-state index contributed by atoms with van der Waals surface area (Å²) in [5.74, 6) is -0.310. The molecule has 0 atom stereocenters. The predicted octanol–water partition coefficient (Wildman–Crippen LogP) is 4.30. The highest BCUT2D eigenvalue weighted by molar-refractivity contribution is 9.10. The molecule has 0 aliphatic carbocycles. The van der Waals surface area contributed by atoms with Crippen LogP contribution in [0.3, 0.4) is 0 Å². The van der Waals surface area contributed by atoms with E-state index in [4.69, 9.17) is 29.6 Å². The van der Waals surface area contributed by atoms with Crippen LogP contribution in [0.5, 0.6) is 0 Å². The van der Waals surface area contributed by atoms with Crippen molar-refractivity contribution < 1.29 is 4.79 Å².